The average Bonchev–Trinajstić information content (AvgIpc) is 2.88. The first kappa shape index (κ1) is 13.6. The smallest absolute Gasteiger partial charge is 0.128 e. The number of pyridine rings is 1. The maximum Gasteiger partial charge on any atom is 0.128 e. The molecule has 21 heavy (non-hydrogen) atoms. The predicted octanol–water partition coefficient (Wildman–Crippen LogP) is 3.65. The summed E-state index contributed by atoms with van der Waals surface area (Å²) in [6, 6.07) is 6.17. The molecule has 1 aromatic rings. The van der Waals surface area contributed by atoms with Crippen LogP contribution < -0.4 is 4.90 Å². The molecule has 0 aromatic carbocycles. The number of nitrogens with zero attached hydrogens (tertiary/aromatic N) is 2. The van der Waals surface area contributed by atoms with Gasteiger partial charge in [0.15, 0.2) is 0 Å². The van der Waals surface area contributed by atoms with E-state index in [9.17, 15) is 0 Å². The van der Waals surface area contributed by atoms with Gasteiger partial charge in [0.1, 0.15) is 5.82 Å². The number of fused-ring (bicyclic) bond motifs is 2. The molecule has 0 unspecified atom stereocenters. The maximum absolute atomic E-state index is 6.45. The van der Waals surface area contributed by atoms with Gasteiger partial charge in [-0.05, 0) is 56.1 Å². The summed E-state index contributed by atoms with van der Waals surface area (Å²) in [4.78, 5) is 6.85. The molecule has 1 aromatic heterocycles. The van der Waals surface area contributed by atoms with Crippen molar-refractivity contribution in [2.24, 2.45) is 11.8 Å². The van der Waals surface area contributed by atoms with Crippen LogP contribution in [0.2, 0.25) is 0 Å². The van der Waals surface area contributed by atoms with E-state index in [1.807, 2.05) is 12.3 Å². The number of hydrogen-bond donors (Lipinski definition) is 0. The first-order chi connectivity index (χ1) is 10.4. The van der Waals surface area contributed by atoms with Crippen molar-refractivity contribution in [3.8, 4) is 0 Å². The van der Waals surface area contributed by atoms with E-state index in [-0.39, 0.29) is 0 Å². The maximum atomic E-state index is 6.45. The van der Waals surface area contributed by atoms with E-state index in [0.717, 1.165) is 43.6 Å². The van der Waals surface area contributed by atoms with Crippen molar-refractivity contribution in [2.75, 3.05) is 18.0 Å². The number of anilines is 1. The fourth-order valence-electron chi connectivity index (χ4n) is 4.59. The highest BCUT2D eigenvalue weighted by Crippen LogP contribution is 2.43. The Labute approximate surface area is 127 Å². The molecule has 0 spiro atoms. The van der Waals surface area contributed by atoms with Crippen LogP contribution in [0.25, 0.3) is 0 Å². The summed E-state index contributed by atoms with van der Waals surface area (Å²) in [5.74, 6) is 3.07. The Balaban J connectivity index is 1.28. The summed E-state index contributed by atoms with van der Waals surface area (Å²) in [6.07, 6.45) is 12.3. The fourth-order valence-corrected chi connectivity index (χ4v) is 4.59. The van der Waals surface area contributed by atoms with Crippen LogP contribution in [-0.4, -0.2) is 30.3 Å². The molecule has 1 aliphatic heterocycles. The highest BCUT2D eigenvalue weighted by atomic mass is 16.5. The van der Waals surface area contributed by atoms with E-state index >= 15 is 0 Å². The molecule has 3 fully saturated rings. The minimum Gasteiger partial charge on any atom is -0.375 e. The molecule has 3 atom stereocenters. The minimum absolute atomic E-state index is 0.479. The zero-order chi connectivity index (χ0) is 14.1. The Morgan fingerprint density at radius 1 is 0.905 bits per heavy atom. The Morgan fingerprint density at radius 2 is 1.67 bits per heavy atom. The molecule has 0 radical (unpaired) electrons. The highest BCUT2D eigenvalue weighted by Gasteiger charge is 2.35. The topological polar surface area (TPSA) is 25.4 Å². The summed E-state index contributed by atoms with van der Waals surface area (Å²) in [6.45, 7) is 2.17. The Hall–Kier alpha value is -1.09. The van der Waals surface area contributed by atoms with Gasteiger partial charge in [-0.15, -0.1) is 0 Å². The number of hydrogen-bond acceptors (Lipinski definition) is 3. The second-order valence-corrected chi connectivity index (χ2v) is 7.15. The van der Waals surface area contributed by atoms with Gasteiger partial charge >= 0.3 is 0 Å². The van der Waals surface area contributed by atoms with E-state index in [1.165, 1.54) is 32.1 Å². The zero-order valence-electron chi connectivity index (χ0n) is 12.8. The summed E-state index contributed by atoms with van der Waals surface area (Å²) in [5, 5.41) is 0. The molecule has 0 N–H and O–H groups in total. The van der Waals surface area contributed by atoms with Crippen LogP contribution in [0.15, 0.2) is 24.4 Å². The lowest BCUT2D eigenvalue weighted by Gasteiger charge is -2.36. The lowest BCUT2D eigenvalue weighted by Crippen LogP contribution is -2.39. The van der Waals surface area contributed by atoms with Crippen LogP contribution in [-0.2, 0) is 4.74 Å². The molecular weight excluding hydrogens is 260 g/mol. The van der Waals surface area contributed by atoms with E-state index in [4.69, 9.17) is 4.74 Å². The van der Waals surface area contributed by atoms with Crippen molar-refractivity contribution in [2.45, 2.75) is 57.2 Å². The monoisotopic (exact) mass is 286 g/mol. The van der Waals surface area contributed by atoms with Gasteiger partial charge < -0.3 is 9.64 Å². The van der Waals surface area contributed by atoms with Crippen molar-refractivity contribution in [1.82, 2.24) is 4.98 Å². The summed E-state index contributed by atoms with van der Waals surface area (Å²) in [5.41, 5.74) is 0. The second kappa shape index (κ2) is 5.96. The van der Waals surface area contributed by atoms with Gasteiger partial charge in [0, 0.05) is 19.3 Å². The van der Waals surface area contributed by atoms with Gasteiger partial charge in [0.05, 0.1) is 12.2 Å². The molecule has 3 aliphatic rings. The van der Waals surface area contributed by atoms with Crippen LogP contribution in [0.5, 0.6) is 0 Å². The van der Waals surface area contributed by atoms with Crippen LogP contribution >= 0.6 is 0 Å². The van der Waals surface area contributed by atoms with Gasteiger partial charge in [-0.2, -0.15) is 0 Å². The number of aromatic nitrogens is 1. The normalized spacial score (nSPS) is 33.3. The summed E-state index contributed by atoms with van der Waals surface area (Å²) < 4.78 is 6.45. The third-order valence-electron chi connectivity index (χ3n) is 5.64. The SMILES string of the molecule is c1ccc(N2CCC(O[C@@H]3C[C@@H]4CC[C@@H](C4)C3)CC2)nc1. The van der Waals surface area contributed by atoms with Gasteiger partial charge in [-0.1, -0.05) is 18.9 Å². The number of piperidine rings is 1. The van der Waals surface area contributed by atoms with Crippen LogP contribution in [0.4, 0.5) is 5.82 Å². The van der Waals surface area contributed by atoms with Crippen molar-refractivity contribution in [3.05, 3.63) is 24.4 Å². The van der Waals surface area contributed by atoms with Crippen molar-refractivity contribution in [1.29, 1.82) is 0 Å². The lowest BCUT2D eigenvalue weighted by atomic mass is 9.87. The lowest BCUT2D eigenvalue weighted by molar-refractivity contribution is -0.0516. The largest absolute Gasteiger partial charge is 0.375 e. The molecule has 1 saturated heterocycles. The average molecular weight is 286 g/mol. The molecule has 3 heteroatoms. The van der Waals surface area contributed by atoms with E-state index in [2.05, 4.69) is 22.0 Å². The molecule has 2 heterocycles. The number of rotatable bonds is 3. The molecule has 2 saturated carbocycles. The van der Waals surface area contributed by atoms with E-state index in [0.29, 0.717) is 12.2 Å². The predicted molar refractivity (Wildman–Crippen MR) is 84.4 cm³/mol. The first-order valence-corrected chi connectivity index (χ1v) is 8.68. The summed E-state index contributed by atoms with van der Waals surface area (Å²) in [7, 11) is 0. The molecule has 4 rings (SSSR count). The second-order valence-electron chi connectivity index (χ2n) is 7.15. The minimum atomic E-state index is 0.479. The Kier molecular flexibility index (Phi) is 3.85. The molecule has 2 bridgehead atoms. The third kappa shape index (κ3) is 3.08. The molecule has 2 aliphatic carbocycles. The van der Waals surface area contributed by atoms with Crippen LogP contribution in [0.3, 0.4) is 0 Å². The first-order valence-electron chi connectivity index (χ1n) is 8.68. The third-order valence-corrected chi connectivity index (χ3v) is 5.64. The summed E-state index contributed by atoms with van der Waals surface area (Å²) >= 11 is 0. The Morgan fingerprint density at radius 3 is 2.33 bits per heavy atom. The van der Waals surface area contributed by atoms with Crippen molar-refractivity contribution >= 4 is 5.82 Å². The quantitative estimate of drug-likeness (QED) is 0.848. The molecule has 3 nitrogen and oxygen atoms in total. The van der Waals surface area contributed by atoms with Crippen LogP contribution in [0, 0.1) is 11.8 Å². The van der Waals surface area contributed by atoms with Gasteiger partial charge in [0.25, 0.3) is 0 Å². The Bertz CT molecular complexity index is 444. The molecule has 114 valence electrons. The van der Waals surface area contributed by atoms with Crippen molar-refractivity contribution < 1.29 is 4.74 Å². The van der Waals surface area contributed by atoms with Gasteiger partial charge in [0.2, 0.25) is 0 Å². The molecular formula is C18H26N2O. The van der Waals surface area contributed by atoms with E-state index < -0.39 is 0 Å². The standard InChI is InChI=1S/C18H26N2O/c1-2-8-19-18(3-1)20-9-6-16(7-10-20)21-17-12-14-4-5-15(11-14)13-17/h1-3,8,14-17H,4-7,9-13H2/t14-,15+,17-. The van der Waals surface area contributed by atoms with Gasteiger partial charge in [-0.3, -0.25) is 0 Å². The van der Waals surface area contributed by atoms with Gasteiger partial charge in [-0.25, -0.2) is 4.98 Å². The number of ether oxygens (including phenoxy) is 1. The van der Waals surface area contributed by atoms with Crippen molar-refractivity contribution in [3.63, 3.8) is 0 Å². The van der Waals surface area contributed by atoms with E-state index in [1.54, 1.807) is 0 Å². The fraction of sp³-hybridized carbons (Fsp3) is 0.722. The van der Waals surface area contributed by atoms with Crippen LogP contribution in [0.1, 0.15) is 44.9 Å². The molecule has 0 amide bonds. The zero-order valence-corrected chi connectivity index (χ0v) is 12.8. The highest BCUT2D eigenvalue weighted by molar-refractivity contribution is 5.38.